The molecule has 1 atom stereocenters. The Morgan fingerprint density at radius 2 is 1.71 bits per heavy atom. The lowest BCUT2D eigenvalue weighted by Gasteiger charge is -2.15. The summed E-state index contributed by atoms with van der Waals surface area (Å²) in [5.74, 6) is 2.11. The van der Waals surface area contributed by atoms with Crippen molar-refractivity contribution in [2.45, 2.75) is 24.8 Å². The van der Waals surface area contributed by atoms with Crippen LogP contribution in [0.4, 0.5) is 0 Å². The summed E-state index contributed by atoms with van der Waals surface area (Å²) in [7, 11) is 1.61. The molecular weight excluding hydrogens is 322 g/mol. The van der Waals surface area contributed by atoms with E-state index in [1.54, 1.807) is 50.1 Å². The number of thioether (sulfide) groups is 1. The second-order valence-corrected chi connectivity index (χ2v) is 6.56. The van der Waals surface area contributed by atoms with E-state index in [0.717, 1.165) is 11.5 Å². The van der Waals surface area contributed by atoms with E-state index in [1.807, 2.05) is 0 Å². The van der Waals surface area contributed by atoms with Gasteiger partial charge in [0, 0.05) is 17.2 Å². The van der Waals surface area contributed by atoms with Crippen molar-refractivity contribution < 1.29 is 14.3 Å². The van der Waals surface area contributed by atoms with Crippen molar-refractivity contribution in [1.82, 2.24) is 5.32 Å². The zero-order valence-electron chi connectivity index (χ0n) is 14.2. The van der Waals surface area contributed by atoms with Crippen molar-refractivity contribution in [3.05, 3.63) is 54.1 Å². The molecule has 0 bridgehead atoms. The Morgan fingerprint density at radius 1 is 1.08 bits per heavy atom. The molecule has 0 saturated carbocycles. The van der Waals surface area contributed by atoms with Crippen molar-refractivity contribution in [3.8, 4) is 11.5 Å². The predicted octanol–water partition coefficient (Wildman–Crippen LogP) is 3.68. The largest absolute Gasteiger partial charge is 0.497 e. The number of carbonyl (C=O) groups is 1. The minimum atomic E-state index is -0.539. The van der Waals surface area contributed by atoms with Gasteiger partial charge in [0.25, 0.3) is 5.91 Å². The molecule has 0 aromatic heterocycles. The van der Waals surface area contributed by atoms with Crippen LogP contribution in [0.2, 0.25) is 0 Å². The van der Waals surface area contributed by atoms with Gasteiger partial charge in [-0.15, -0.1) is 11.8 Å². The first kappa shape index (κ1) is 18.2. The Bertz CT molecular complexity index is 641. The maximum absolute atomic E-state index is 12.1. The lowest BCUT2D eigenvalue weighted by molar-refractivity contribution is -0.127. The molecule has 2 rings (SSSR count). The Labute approximate surface area is 147 Å². The fourth-order valence-electron chi connectivity index (χ4n) is 2.03. The number of nitrogens with one attached hydrogen (secondary N) is 1. The normalized spacial score (nSPS) is 11.6. The second kappa shape index (κ2) is 9.23. The highest BCUT2D eigenvalue weighted by atomic mass is 32.2. The third kappa shape index (κ3) is 5.81. The van der Waals surface area contributed by atoms with Gasteiger partial charge in [0.05, 0.1) is 7.11 Å². The zero-order valence-corrected chi connectivity index (χ0v) is 15.1. The van der Waals surface area contributed by atoms with Gasteiger partial charge in [-0.3, -0.25) is 4.79 Å². The molecule has 0 heterocycles. The van der Waals surface area contributed by atoms with Gasteiger partial charge in [0.2, 0.25) is 0 Å². The van der Waals surface area contributed by atoms with Gasteiger partial charge in [-0.05, 0) is 50.2 Å². The molecule has 2 aromatic carbocycles. The van der Waals surface area contributed by atoms with Gasteiger partial charge in [0.1, 0.15) is 11.5 Å². The van der Waals surface area contributed by atoms with Crippen LogP contribution in [0.15, 0.2) is 53.4 Å². The third-order valence-corrected chi connectivity index (χ3v) is 4.45. The molecule has 0 radical (unpaired) electrons. The van der Waals surface area contributed by atoms with Crippen LogP contribution in [0.3, 0.4) is 0 Å². The van der Waals surface area contributed by atoms with Gasteiger partial charge in [-0.1, -0.05) is 17.7 Å². The fraction of sp³-hybridized carbons (Fsp3) is 0.316. The first-order chi connectivity index (χ1) is 11.6. The molecule has 0 unspecified atom stereocenters. The highest BCUT2D eigenvalue weighted by Gasteiger charge is 2.14. The Balaban J connectivity index is 1.70. The van der Waals surface area contributed by atoms with Crippen LogP contribution < -0.4 is 14.8 Å². The van der Waals surface area contributed by atoms with E-state index in [0.29, 0.717) is 12.3 Å². The molecule has 0 aliphatic heterocycles. The monoisotopic (exact) mass is 345 g/mol. The van der Waals surface area contributed by atoms with Crippen LogP contribution in [0, 0.1) is 6.92 Å². The minimum Gasteiger partial charge on any atom is -0.497 e. The summed E-state index contributed by atoms with van der Waals surface area (Å²) in [5.41, 5.74) is 1.25. The van der Waals surface area contributed by atoms with Gasteiger partial charge in [-0.25, -0.2) is 0 Å². The number of aryl methyl sites for hydroxylation is 1. The third-order valence-electron chi connectivity index (χ3n) is 3.43. The summed E-state index contributed by atoms with van der Waals surface area (Å²) in [5, 5.41) is 2.90. The first-order valence-electron chi connectivity index (χ1n) is 7.86. The highest BCUT2D eigenvalue weighted by molar-refractivity contribution is 7.99. The predicted molar refractivity (Wildman–Crippen MR) is 98.0 cm³/mol. The molecule has 0 aliphatic carbocycles. The summed E-state index contributed by atoms with van der Waals surface area (Å²) >= 11 is 1.72. The summed E-state index contributed by atoms with van der Waals surface area (Å²) in [6.07, 6.45) is -0.539. The summed E-state index contributed by atoms with van der Waals surface area (Å²) in [4.78, 5) is 13.3. The second-order valence-electron chi connectivity index (χ2n) is 5.39. The molecule has 1 amide bonds. The maximum Gasteiger partial charge on any atom is 0.260 e. The average Bonchev–Trinajstić information content (AvgIpc) is 2.60. The number of amides is 1. The van der Waals surface area contributed by atoms with Crippen molar-refractivity contribution in [2.75, 3.05) is 19.4 Å². The number of methoxy groups -OCH3 is 1. The van der Waals surface area contributed by atoms with E-state index in [1.165, 1.54) is 10.5 Å². The molecule has 0 saturated heterocycles. The lowest BCUT2D eigenvalue weighted by atomic mass is 10.2. The van der Waals surface area contributed by atoms with Crippen LogP contribution in [0.1, 0.15) is 12.5 Å². The molecule has 4 nitrogen and oxygen atoms in total. The number of hydrogen-bond donors (Lipinski definition) is 1. The lowest BCUT2D eigenvalue weighted by Crippen LogP contribution is -2.37. The Morgan fingerprint density at radius 3 is 2.33 bits per heavy atom. The number of benzene rings is 2. The molecule has 5 heteroatoms. The summed E-state index contributed by atoms with van der Waals surface area (Å²) in [6.45, 7) is 4.42. The molecular formula is C19H23NO3S. The molecule has 24 heavy (non-hydrogen) atoms. The minimum absolute atomic E-state index is 0.115. The van der Waals surface area contributed by atoms with Crippen molar-refractivity contribution in [1.29, 1.82) is 0 Å². The molecule has 0 spiro atoms. The molecule has 1 N–H and O–H groups in total. The van der Waals surface area contributed by atoms with Gasteiger partial charge in [0.15, 0.2) is 6.10 Å². The van der Waals surface area contributed by atoms with Crippen molar-refractivity contribution in [2.24, 2.45) is 0 Å². The van der Waals surface area contributed by atoms with E-state index in [-0.39, 0.29) is 5.91 Å². The van der Waals surface area contributed by atoms with Gasteiger partial charge in [-0.2, -0.15) is 0 Å². The molecule has 2 aromatic rings. The SMILES string of the molecule is COc1ccc(O[C@@H](C)C(=O)NCCSc2ccc(C)cc2)cc1. The van der Waals surface area contributed by atoms with Crippen LogP contribution >= 0.6 is 11.8 Å². The topological polar surface area (TPSA) is 47.6 Å². The van der Waals surface area contributed by atoms with Crippen molar-refractivity contribution >= 4 is 17.7 Å². The average molecular weight is 345 g/mol. The molecule has 128 valence electrons. The van der Waals surface area contributed by atoms with E-state index in [2.05, 4.69) is 36.5 Å². The quantitative estimate of drug-likeness (QED) is 0.586. The van der Waals surface area contributed by atoms with E-state index in [4.69, 9.17) is 9.47 Å². The zero-order chi connectivity index (χ0) is 17.4. The number of rotatable bonds is 8. The number of hydrogen-bond acceptors (Lipinski definition) is 4. The van der Waals surface area contributed by atoms with E-state index in [9.17, 15) is 4.79 Å². The van der Waals surface area contributed by atoms with Crippen molar-refractivity contribution in [3.63, 3.8) is 0 Å². The maximum atomic E-state index is 12.1. The number of carbonyl (C=O) groups excluding carboxylic acids is 1. The molecule has 0 fully saturated rings. The smallest absolute Gasteiger partial charge is 0.260 e. The van der Waals surface area contributed by atoms with Crippen LogP contribution in [0.25, 0.3) is 0 Å². The first-order valence-corrected chi connectivity index (χ1v) is 8.85. The van der Waals surface area contributed by atoms with Crippen LogP contribution in [-0.4, -0.2) is 31.4 Å². The van der Waals surface area contributed by atoms with E-state index < -0.39 is 6.10 Å². The van der Waals surface area contributed by atoms with Gasteiger partial charge >= 0.3 is 0 Å². The number of ether oxygens (including phenoxy) is 2. The van der Waals surface area contributed by atoms with Crippen LogP contribution in [-0.2, 0) is 4.79 Å². The molecule has 0 aliphatic rings. The summed E-state index contributed by atoms with van der Waals surface area (Å²) < 4.78 is 10.7. The highest BCUT2D eigenvalue weighted by Crippen LogP contribution is 2.19. The van der Waals surface area contributed by atoms with E-state index >= 15 is 0 Å². The van der Waals surface area contributed by atoms with Gasteiger partial charge < -0.3 is 14.8 Å². The van der Waals surface area contributed by atoms with Crippen LogP contribution in [0.5, 0.6) is 11.5 Å². The fourth-order valence-corrected chi connectivity index (χ4v) is 2.80. The Hall–Kier alpha value is -2.14. The summed E-state index contributed by atoms with van der Waals surface area (Å²) in [6, 6.07) is 15.5. The standard InChI is InChI=1S/C19H23NO3S/c1-14-4-10-18(11-5-14)24-13-12-20-19(21)15(2)23-17-8-6-16(22-3)7-9-17/h4-11,15H,12-13H2,1-3H3,(H,20,21)/t15-/m0/s1. The Kier molecular flexibility index (Phi) is 7.00.